The molecule has 0 aromatic heterocycles. The second-order valence-electron chi connectivity index (χ2n) is 6.95. The van der Waals surface area contributed by atoms with Gasteiger partial charge in [0.25, 0.3) is 0 Å². The lowest BCUT2D eigenvalue weighted by Gasteiger charge is -2.20. The molecule has 0 radical (unpaired) electrons. The first-order valence-electron chi connectivity index (χ1n) is 8.68. The van der Waals surface area contributed by atoms with E-state index >= 15 is 0 Å². The third-order valence-electron chi connectivity index (χ3n) is 4.29. The smallest absolute Gasteiger partial charge is 0.317 e. The lowest BCUT2D eigenvalue weighted by molar-refractivity contribution is -0.120. The highest BCUT2D eigenvalue weighted by molar-refractivity contribution is 5.79. The number of urea groups is 1. The summed E-state index contributed by atoms with van der Waals surface area (Å²) < 4.78 is 11.8. The zero-order valence-corrected chi connectivity index (χ0v) is 14.8. The molecule has 0 spiro atoms. The quantitative estimate of drug-likeness (QED) is 0.805. The number of ether oxygens (including phenoxy) is 2. The summed E-state index contributed by atoms with van der Waals surface area (Å²) >= 11 is 0. The first kappa shape index (κ1) is 17.4. The fourth-order valence-electron chi connectivity index (χ4n) is 3.10. The number of nitrogens with zero attached hydrogens (tertiary/aromatic N) is 1. The van der Waals surface area contributed by atoms with Crippen molar-refractivity contribution in [1.29, 1.82) is 0 Å². The van der Waals surface area contributed by atoms with Gasteiger partial charge in [0.1, 0.15) is 12.2 Å². The number of fused-ring (bicyclic) bond motifs is 1. The van der Waals surface area contributed by atoms with Crippen LogP contribution in [0.5, 0.6) is 11.5 Å². The zero-order chi connectivity index (χ0) is 17.9. The molecule has 2 aliphatic rings. The number of para-hydroxylation sites is 1. The molecule has 7 heteroatoms. The van der Waals surface area contributed by atoms with Crippen molar-refractivity contribution >= 4 is 11.9 Å². The second-order valence-corrected chi connectivity index (χ2v) is 6.95. The summed E-state index contributed by atoms with van der Waals surface area (Å²) in [6.45, 7) is 6.31. The molecule has 2 aliphatic heterocycles. The molecule has 3 rings (SSSR count). The van der Waals surface area contributed by atoms with E-state index in [1.807, 2.05) is 18.2 Å². The lowest BCUT2D eigenvalue weighted by atomic mass is 10.0. The van der Waals surface area contributed by atoms with Crippen LogP contribution in [0.1, 0.15) is 25.8 Å². The molecule has 0 saturated carbocycles. The zero-order valence-electron chi connectivity index (χ0n) is 14.8. The van der Waals surface area contributed by atoms with E-state index in [9.17, 15) is 9.59 Å². The van der Waals surface area contributed by atoms with Crippen LogP contribution in [0.15, 0.2) is 18.2 Å². The molecule has 0 aliphatic carbocycles. The highest BCUT2D eigenvalue weighted by atomic mass is 16.5. The summed E-state index contributed by atoms with van der Waals surface area (Å²) in [6, 6.07) is 5.72. The van der Waals surface area contributed by atoms with E-state index in [2.05, 4.69) is 24.5 Å². The Morgan fingerprint density at radius 2 is 2.24 bits per heavy atom. The highest BCUT2D eigenvalue weighted by Gasteiger charge is 2.32. The molecule has 0 atom stereocenters. The van der Waals surface area contributed by atoms with Crippen LogP contribution in [0.4, 0.5) is 4.79 Å². The monoisotopic (exact) mass is 347 g/mol. The Labute approximate surface area is 147 Å². The summed E-state index contributed by atoms with van der Waals surface area (Å²) in [5.74, 6) is 1.50. The molecule has 2 heterocycles. The van der Waals surface area contributed by atoms with E-state index in [-0.39, 0.29) is 17.5 Å². The van der Waals surface area contributed by atoms with Crippen molar-refractivity contribution in [2.75, 3.05) is 32.8 Å². The van der Waals surface area contributed by atoms with Crippen molar-refractivity contribution in [3.63, 3.8) is 0 Å². The number of amides is 3. The number of carbonyl (C=O) groups excluding carboxylic acids is 2. The van der Waals surface area contributed by atoms with Gasteiger partial charge in [0, 0.05) is 38.0 Å². The minimum Gasteiger partial charge on any atom is -0.488 e. The molecule has 25 heavy (non-hydrogen) atoms. The first-order valence-corrected chi connectivity index (χ1v) is 8.68. The fourth-order valence-corrected chi connectivity index (χ4v) is 3.10. The molecular weight excluding hydrogens is 322 g/mol. The first-order chi connectivity index (χ1) is 11.9. The third kappa shape index (κ3) is 4.35. The predicted molar refractivity (Wildman–Crippen MR) is 92.9 cm³/mol. The standard InChI is InChI=1S/C18H25N3O4/c1-18(2)12-13-4-3-5-14(16(13)25-18)24-11-8-20-17(23)21-9-6-15(22)19-7-10-21/h3-5H,6-12H2,1-2H3,(H,19,22)(H,20,23). The minimum atomic E-state index is -0.214. The van der Waals surface area contributed by atoms with E-state index in [4.69, 9.17) is 9.47 Å². The third-order valence-corrected chi connectivity index (χ3v) is 4.29. The summed E-state index contributed by atoms with van der Waals surface area (Å²) in [5, 5.41) is 5.58. The van der Waals surface area contributed by atoms with Gasteiger partial charge in [-0.1, -0.05) is 12.1 Å². The molecule has 136 valence electrons. The van der Waals surface area contributed by atoms with Crippen molar-refractivity contribution in [3.05, 3.63) is 23.8 Å². The maximum Gasteiger partial charge on any atom is 0.317 e. The van der Waals surface area contributed by atoms with Gasteiger partial charge in [-0.25, -0.2) is 4.79 Å². The number of hydrogen-bond acceptors (Lipinski definition) is 4. The van der Waals surface area contributed by atoms with Gasteiger partial charge in [0.15, 0.2) is 11.5 Å². The average molecular weight is 347 g/mol. The van der Waals surface area contributed by atoms with Gasteiger partial charge in [-0.15, -0.1) is 0 Å². The number of benzene rings is 1. The highest BCUT2D eigenvalue weighted by Crippen LogP contribution is 2.41. The Kier molecular flexibility index (Phi) is 5.01. The molecule has 0 bridgehead atoms. The maximum atomic E-state index is 12.1. The van der Waals surface area contributed by atoms with Gasteiger partial charge in [0.05, 0.1) is 6.54 Å². The van der Waals surface area contributed by atoms with Crippen LogP contribution in [-0.4, -0.2) is 55.2 Å². The molecule has 1 saturated heterocycles. The second kappa shape index (κ2) is 7.21. The summed E-state index contributed by atoms with van der Waals surface area (Å²) in [7, 11) is 0. The van der Waals surface area contributed by atoms with Gasteiger partial charge < -0.3 is 25.0 Å². The van der Waals surface area contributed by atoms with Crippen molar-refractivity contribution in [3.8, 4) is 11.5 Å². The van der Waals surface area contributed by atoms with Crippen LogP contribution in [0.25, 0.3) is 0 Å². The Hall–Kier alpha value is -2.44. The van der Waals surface area contributed by atoms with Gasteiger partial charge in [-0.2, -0.15) is 0 Å². The Bertz CT molecular complexity index is 660. The van der Waals surface area contributed by atoms with Crippen LogP contribution in [-0.2, 0) is 11.2 Å². The lowest BCUT2D eigenvalue weighted by Crippen LogP contribution is -2.43. The van der Waals surface area contributed by atoms with E-state index in [0.717, 1.165) is 17.7 Å². The Balaban J connectivity index is 1.46. The summed E-state index contributed by atoms with van der Waals surface area (Å²) in [5.41, 5.74) is 0.933. The van der Waals surface area contributed by atoms with Gasteiger partial charge in [0.2, 0.25) is 5.91 Å². The Morgan fingerprint density at radius 3 is 3.08 bits per heavy atom. The molecule has 2 N–H and O–H groups in total. The summed E-state index contributed by atoms with van der Waals surface area (Å²) in [4.78, 5) is 25.1. The maximum absolute atomic E-state index is 12.1. The molecule has 1 fully saturated rings. The number of nitrogens with one attached hydrogen (secondary N) is 2. The van der Waals surface area contributed by atoms with Gasteiger partial charge in [-0.3, -0.25) is 4.79 Å². The molecule has 1 aromatic carbocycles. The SMILES string of the molecule is CC1(C)Cc2cccc(OCCNC(=O)N3CCNC(=O)CC3)c2O1. The molecule has 7 nitrogen and oxygen atoms in total. The molecular formula is C18H25N3O4. The van der Waals surface area contributed by atoms with Crippen LogP contribution < -0.4 is 20.1 Å². The van der Waals surface area contributed by atoms with Crippen molar-refractivity contribution in [1.82, 2.24) is 15.5 Å². The predicted octanol–water partition coefficient (Wildman–Crippen LogP) is 1.31. The molecule has 1 aromatic rings. The number of carbonyl (C=O) groups is 2. The van der Waals surface area contributed by atoms with E-state index in [1.165, 1.54) is 0 Å². The van der Waals surface area contributed by atoms with Crippen molar-refractivity contribution in [2.24, 2.45) is 0 Å². The van der Waals surface area contributed by atoms with Crippen molar-refractivity contribution < 1.29 is 19.1 Å². The number of hydrogen-bond donors (Lipinski definition) is 2. The topological polar surface area (TPSA) is 79.9 Å². The summed E-state index contributed by atoms with van der Waals surface area (Å²) in [6.07, 6.45) is 1.20. The average Bonchev–Trinajstić information content (AvgIpc) is 2.73. The van der Waals surface area contributed by atoms with E-state index in [1.54, 1.807) is 4.90 Å². The largest absolute Gasteiger partial charge is 0.488 e. The van der Waals surface area contributed by atoms with Crippen LogP contribution in [0.3, 0.4) is 0 Å². The van der Waals surface area contributed by atoms with E-state index < -0.39 is 0 Å². The Morgan fingerprint density at radius 1 is 1.40 bits per heavy atom. The van der Waals surface area contributed by atoms with Crippen LogP contribution in [0.2, 0.25) is 0 Å². The minimum absolute atomic E-state index is 0.0144. The van der Waals surface area contributed by atoms with Gasteiger partial charge in [-0.05, 0) is 19.9 Å². The molecule has 0 unspecified atom stereocenters. The molecule has 3 amide bonds. The fraction of sp³-hybridized carbons (Fsp3) is 0.556. The van der Waals surface area contributed by atoms with Gasteiger partial charge >= 0.3 is 6.03 Å². The van der Waals surface area contributed by atoms with Crippen LogP contribution in [0, 0.1) is 0 Å². The normalized spacial score (nSPS) is 18.6. The number of rotatable bonds is 4. The van der Waals surface area contributed by atoms with E-state index in [0.29, 0.717) is 45.0 Å². The van der Waals surface area contributed by atoms with Crippen LogP contribution >= 0.6 is 0 Å². The van der Waals surface area contributed by atoms with Crippen molar-refractivity contribution in [2.45, 2.75) is 32.3 Å².